The quantitative estimate of drug-likeness (QED) is 0.414. The number of esters is 1. The Morgan fingerprint density at radius 1 is 1.26 bits per heavy atom. The van der Waals surface area contributed by atoms with Crippen molar-refractivity contribution >= 4 is 17.3 Å². The van der Waals surface area contributed by atoms with E-state index in [1.165, 1.54) is 3.07 Å². The fraction of sp³-hybridized carbons (Fsp3) is 0.353. The average Bonchev–Trinajstić information content (AvgIpc) is 2.79. The monoisotopic (exact) mass is 523 g/mol. The molecule has 1 aromatic carbocycles. The third-order valence-corrected chi connectivity index (χ3v) is 11.3. The van der Waals surface area contributed by atoms with Gasteiger partial charge < -0.3 is 0 Å². The zero-order chi connectivity index (χ0) is 16.8. The van der Waals surface area contributed by atoms with Crippen LogP contribution in [0, 0.1) is 13.8 Å². The first kappa shape index (κ1) is 18.5. The number of rotatable bonds is 7. The first-order valence-electron chi connectivity index (χ1n) is 7.63. The molecule has 2 aromatic rings. The van der Waals surface area contributed by atoms with Gasteiger partial charge in [-0.15, -0.1) is 0 Å². The number of carbonyl (C=O) groups excluding carboxylic acids is 1. The molecule has 0 radical (unpaired) electrons. The van der Waals surface area contributed by atoms with E-state index in [1.807, 2.05) is 55.7 Å². The van der Waals surface area contributed by atoms with Gasteiger partial charge in [0.2, 0.25) is 0 Å². The minimum atomic E-state index is -1.65. The zero-order valence-electron chi connectivity index (χ0n) is 13.8. The van der Waals surface area contributed by atoms with Crippen LogP contribution >= 0.6 is 8.25 Å². The molecule has 2 rings (SSSR count). The average molecular weight is 522 g/mol. The topological polar surface area (TPSA) is 40.5 Å². The standard InChI is InChI=1S/C17H20NO3.ClH.Hg/c1-4-21-17(19)16-13(2)10-14(3)18(16)12-20-11-15-8-6-5-7-9-15;;/h5-9H,4,11-12H2,1-3H3;1H;/q;;+1/p-1. The minimum absolute atomic E-state index is 0.304. The van der Waals surface area contributed by atoms with Gasteiger partial charge in [-0.3, -0.25) is 0 Å². The molecular formula is C17H20ClHgNO3. The fourth-order valence-corrected chi connectivity index (χ4v) is 8.98. The molecule has 0 fully saturated rings. The van der Waals surface area contributed by atoms with Gasteiger partial charge in [-0.05, 0) is 0 Å². The molecule has 0 atom stereocenters. The van der Waals surface area contributed by atoms with Gasteiger partial charge in [0.15, 0.2) is 0 Å². The molecule has 4 nitrogen and oxygen atoms in total. The molecule has 120 valence electrons. The van der Waals surface area contributed by atoms with Crippen molar-refractivity contribution in [3.63, 3.8) is 0 Å². The van der Waals surface area contributed by atoms with E-state index >= 15 is 0 Å². The molecule has 23 heavy (non-hydrogen) atoms. The summed E-state index contributed by atoms with van der Waals surface area (Å²) in [5.74, 6) is -0.304. The molecule has 0 saturated carbocycles. The summed E-state index contributed by atoms with van der Waals surface area (Å²) in [5, 5.41) is 0. The van der Waals surface area contributed by atoms with Crippen molar-refractivity contribution in [3.05, 3.63) is 52.8 Å². The molecule has 6 heteroatoms. The maximum atomic E-state index is 12.3. The Kier molecular flexibility index (Phi) is 7.12. The van der Waals surface area contributed by atoms with Crippen LogP contribution in [-0.4, -0.2) is 17.1 Å². The first-order valence-corrected chi connectivity index (χ1v) is 17.1. The molecule has 0 amide bonds. The van der Waals surface area contributed by atoms with Crippen LogP contribution in [0.4, 0.5) is 0 Å². The molecule has 0 unspecified atom stereocenters. The van der Waals surface area contributed by atoms with E-state index in [9.17, 15) is 4.79 Å². The summed E-state index contributed by atoms with van der Waals surface area (Å²) >= 11 is -1.65. The molecule has 0 N–H and O–H groups in total. The van der Waals surface area contributed by atoms with E-state index in [-0.39, 0.29) is 5.97 Å². The molecule has 0 aliphatic heterocycles. The van der Waals surface area contributed by atoms with Crippen molar-refractivity contribution in [3.8, 4) is 0 Å². The van der Waals surface area contributed by atoms with Crippen LogP contribution in [0.5, 0.6) is 0 Å². The van der Waals surface area contributed by atoms with Crippen LogP contribution in [0.15, 0.2) is 30.3 Å². The van der Waals surface area contributed by atoms with Gasteiger partial charge in [0.1, 0.15) is 0 Å². The van der Waals surface area contributed by atoms with Gasteiger partial charge in [0, 0.05) is 0 Å². The van der Waals surface area contributed by atoms with Crippen molar-refractivity contribution in [2.45, 2.75) is 34.1 Å². The second-order valence-corrected chi connectivity index (χ2v) is 11.4. The molecule has 0 bridgehead atoms. The molecule has 0 saturated heterocycles. The van der Waals surface area contributed by atoms with E-state index in [0.29, 0.717) is 25.6 Å². The molecule has 0 spiro atoms. The van der Waals surface area contributed by atoms with E-state index in [2.05, 4.69) is 0 Å². The number of nitrogens with zero attached hydrogens (tertiary/aromatic N) is 1. The Balaban J connectivity index is 2.20. The fourth-order valence-electron chi connectivity index (χ4n) is 2.60. The summed E-state index contributed by atoms with van der Waals surface area (Å²) in [6.45, 7) is 6.93. The molecule has 0 aliphatic rings. The van der Waals surface area contributed by atoms with Gasteiger partial charge in [0.25, 0.3) is 0 Å². The van der Waals surface area contributed by atoms with Crippen LogP contribution in [-0.2, 0) is 46.2 Å². The number of hydrogen-bond acceptors (Lipinski definition) is 3. The van der Waals surface area contributed by atoms with Crippen LogP contribution < -0.4 is 3.07 Å². The summed E-state index contributed by atoms with van der Waals surface area (Å²) in [6.07, 6.45) is 0. The molecule has 1 heterocycles. The predicted molar refractivity (Wildman–Crippen MR) is 86.6 cm³/mol. The molecule has 0 aliphatic carbocycles. The van der Waals surface area contributed by atoms with E-state index in [1.54, 1.807) is 0 Å². The number of carbonyl (C=O) groups is 1. The van der Waals surface area contributed by atoms with Crippen LogP contribution in [0.3, 0.4) is 0 Å². The first-order chi connectivity index (χ1) is 11.1. The third-order valence-electron chi connectivity index (χ3n) is 3.85. The van der Waals surface area contributed by atoms with Crippen molar-refractivity contribution < 1.29 is 37.6 Å². The number of benzene rings is 1. The predicted octanol–water partition coefficient (Wildman–Crippen LogP) is 3.32. The molecule has 1 aromatic heterocycles. The number of halogens is 1. The van der Waals surface area contributed by atoms with Crippen molar-refractivity contribution in [2.24, 2.45) is 0 Å². The van der Waals surface area contributed by atoms with Gasteiger partial charge in [-0.1, -0.05) is 0 Å². The second-order valence-electron chi connectivity index (χ2n) is 5.28. The Bertz CT molecular complexity index is 670. The van der Waals surface area contributed by atoms with Crippen molar-refractivity contribution in [1.29, 1.82) is 0 Å². The van der Waals surface area contributed by atoms with Crippen LogP contribution in [0.1, 0.15) is 34.2 Å². The number of hydrogen-bond donors (Lipinski definition) is 0. The van der Waals surface area contributed by atoms with Crippen molar-refractivity contribution in [1.82, 2.24) is 4.57 Å². The summed E-state index contributed by atoms with van der Waals surface area (Å²) in [5.41, 5.74) is 3.67. The van der Waals surface area contributed by atoms with Crippen molar-refractivity contribution in [2.75, 3.05) is 6.61 Å². The zero-order valence-corrected chi connectivity index (χ0v) is 20.0. The Labute approximate surface area is 152 Å². The summed E-state index contributed by atoms with van der Waals surface area (Å²) < 4.78 is 14.1. The van der Waals surface area contributed by atoms with Gasteiger partial charge in [0.05, 0.1) is 0 Å². The number of aromatic nitrogens is 1. The Morgan fingerprint density at radius 3 is 2.57 bits per heavy atom. The Morgan fingerprint density at radius 2 is 1.96 bits per heavy atom. The third kappa shape index (κ3) is 4.37. The number of ether oxygens (including phenoxy) is 2. The summed E-state index contributed by atoms with van der Waals surface area (Å²) in [7, 11) is 6.25. The second kappa shape index (κ2) is 8.85. The van der Waals surface area contributed by atoms with Crippen LogP contribution in [0.25, 0.3) is 0 Å². The SMILES string of the molecule is CCOC(=O)c1c(C)[c]([Hg][Cl])c(C)n1COCc1ccccc1. The summed E-state index contributed by atoms with van der Waals surface area (Å²) in [4.78, 5) is 12.3. The maximum absolute atomic E-state index is 12.3. The van der Waals surface area contributed by atoms with E-state index in [0.717, 1.165) is 16.8 Å². The Hall–Kier alpha value is -0.845. The van der Waals surface area contributed by atoms with Crippen LogP contribution in [0.2, 0.25) is 0 Å². The van der Waals surface area contributed by atoms with E-state index < -0.39 is 23.3 Å². The van der Waals surface area contributed by atoms with Gasteiger partial charge in [-0.2, -0.15) is 0 Å². The van der Waals surface area contributed by atoms with Gasteiger partial charge in [-0.25, -0.2) is 0 Å². The van der Waals surface area contributed by atoms with E-state index in [4.69, 9.17) is 17.7 Å². The van der Waals surface area contributed by atoms with Gasteiger partial charge >= 0.3 is 153 Å². The summed E-state index contributed by atoms with van der Waals surface area (Å²) in [6, 6.07) is 9.97. The molecular weight excluding hydrogens is 502 g/mol. The normalized spacial score (nSPS) is 10.4.